The van der Waals surface area contributed by atoms with E-state index < -0.39 is 0 Å². The first kappa shape index (κ1) is 19.7. The lowest BCUT2D eigenvalue weighted by molar-refractivity contribution is 0.509. The number of nitrogens with one attached hydrogen (secondary N) is 2. The van der Waals surface area contributed by atoms with Gasteiger partial charge >= 0.3 is 5.69 Å². The van der Waals surface area contributed by atoms with Crippen molar-refractivity contribution in [3.05, 3.63) is 29.0 Å². The summed E-state index contributed by atoms with van der Waals surface area (Å²) in [5.74, 6) is 1.71. The molecule has 2 heterocycles. The van der Waals surface area contributed by atoms with Crippen LogP contribution in [0.1, 0.15) is 32.0 Å². The monoisotopic (exact) mass is 434 g/mol. The lowest BCUT2D eigenvalue weighted by Crippen LogP contribution is -2.37. The van der Waals surface area contributed by atoms with Gasteiger partial charge in [0.1, 0.15) is 5.82 Å². The fourth-order valence-electron chi connectivity index (χ4n) is 2.52. The van der Waals surface area contributed by atoms with Gasteiger partial charge in [0.2, 0.25) is 0 Å². The Labute approximate surface area is 154 Å². The summed E-state index contributed by atoms with van der Waals surface area (Å²) in [7, 11) is 0. The molecule has 0 saturated carbocycles. The van der Waals surface area contributed by atoms with E-state index in [1.54, 1.807) is 10.8 Å². The van der Waals surface area contributed by atoms with E-state index in [4.69, 9.17) is 0 Å². The topological polar surface area (TPSA) is 76.2 Å². The molecular weight excluding hydrogens is 407 g/mol. The average Bonchev–Trinajstić information content (AvgIpc) is 2.86. The van der Waals surface area contributed by atoms with Gasteiger partial charge in [0.15, 0.2) is 5.96 Å². The highest BCUT2D eigenvalue weighted by molar-refractivity contribution is 14.0. The second-order valence-corrected chi connectivity index (χ2v) is 5.31. The fraction of sp³-hybridized carbons (Fsp3) is 0.667. The summed E-state index contributed by atoms with van der Waals surface area (Å²) in [6.45, 7) is 9.28. The average molecular weight is 434 g/mol. The van der Waals surface area contributed by atoms with Crippen molar-refractivity contribution < 1.29 is 0 Å². The normalized spacial score (nSPS) is 13.9. The summed E-state index contributed by atoms with van der Waals surface area (Å²) >= 11 is 0. The smallest absolute Gasteiger partial charge is 0.345 e. The first-order valence-corrected chi connectivity index (χ1v) is 8.06. The summed E-state index contributed by atoms with van der Waals surface area (Å²) in [5.41, 5.74) is 0.0235. The molecule has 1 aliphatic heterocycles. The van der Waals surface area contributed by atoms with Gasteiger partial charge in [0.05, 0.1) is 0 Å². The quantitative estimate of drug-likeness (QED) is 0.222. The largest absolute Gasteiger partial charge is 0.357 e. The first-order valence-electron chi connectivity index (χ1n) is 8.06. The van der Waals surface area contributed by atoms with Gasteiger partial charge in [-0.2, -0.15) is 5.10 Å². The minimum absolute atomic E-state index is 0. The van der Waals surface area contributed by atoms with Gasteiger partial charge < -0.3 is 10.6 Å². The Hall–Kier alpha value is -1.32. The molecule has 2 rings (SSSR count). The van der Waals surface area contributed by atoms with E-state index in [0.717, 1.165) is 50.6 Å². The highest BCUT2D eigenvalue weighted by Crippen LogP contribution is 2.09. The molecular formula is C15H27IN6O. The molecule has 130 valence electrons. The van der Waals surface area contributed by atoms with Crippen LogP contribution in [0.25, 0.3) is 0 Å². The van der Waals surface area contributed by atoms with E-state index in [1.807, 2.05) is 11.5 Å². The van der Waals surface area contributed by atoms with Crippen LogP contribution in [0, 0.1) is 0 Å². The Morgan fingerprint density at radius 2 is 2.26 bits per heavy atom. The number of rotatable bonds is 7. The summed E-state index contributed by atoms with van der Waals surface area (Å²) in [6.07, 6.45) is 5.70. The summed E-state index contributed by atoms with van der Waals surface area (Å²) in [5, 5.41) is 10.7. The number of hydrogen-bond acceptors (Lipinski definition) is 3. The Balaban J connectivity index is 0.00000264. The molecule has 0 bridgehead atoms. The van der Waals surface area contributed by atoms with Crippen LogP contribution in [-0.2, 0) is 19.5 Å². The molecule has 0 saturated heterocycles. The minimum Gasteiger partial charge on any atom is -0.357 e. The van der Waals surface area contributed by atoms with Crippen molar-refractivity contribution in [2.24, 2.45) is 4.99 Å². The highest BCUT2D eigenvalue weighted by Gasteiger charge is 2.15. The zero-order valence-corrected chi connectivity index (χ0v) is 16.1. The maximum Gasteiger partial charge on any atom is 0.345 e. The van der Waals surface area contributed by atoms with Gasteiger partial charge in [-0.25, -0.2) is 9.48 Å². The third-order valence-electron chi connectivity index (χ3n) is 3.59. The van der Waals surface area contributed by atoms with Crippen molar-refractivity contribution in [3.8, 4) is 0 Å². The highest BCUT2D eigenvalue weighted by atomic mass is 127. The summed E-state index contributed by atoms with van der Waals surface area (Å²) < 4.78 is 3.39. The van der Waals surface area contributed by atoms with Crippen LogP contribution in [0.3, 0.4) is 0 Å². The molecule has 0 unspecified atom stereocenters. The Morgan fingerprint density at radius 1 is 1.43 bits per heavy atom. The molecule has 0 aromatic carbocycles. The third-order valence-corrected chi connectivity index (χ3v) is 3.59. The number of aliphatic imine (C=N–C) groups is 1. The van der Waals surface area contributed by atoms with Gasteiger partial charge in [-0.05, 0) is 26.2 Å². The van der Waals surface area contributed by atoms with Crippen LogP contribution in [0.15, 0.2) is 22.4 Å². The molecule has 1 aromatic heterocycles. The van der Waals surface area contributed by atoms with E-state index in [2.05, 4.69) is 27.3 Å². The molecule has 0 aliphatic carbocycles. The van der Waals surface area contributed by atoms with Crippen molar-refractivity contribution in [3.63, 3.8) is 0 Å². The van der Waals surface area contributed by atoms with E-state index in [-0.39, 0.29) is 29.7 Å². The van der Waals surface area contributed by atoms with Crippen LogP contribution in [0.2, 0.25) is 0 Å². The van der Waals surface area contributed by atoms with Crippen LogP contribution in [0.5, 0.6) is 0 Å². The Morgan fingerprint density at radius 3 is 2.96 bits per heavy atom. The first-order chi connectivity index (χ1) is 10.8. The molecule has 0 amide bonds. The molecule has 0 radical (unpaired) electrons. The van der Waals surface area contributed by atoms with E-state index in [1.165, 1.54) is 0 Å². The van der Waals surface area contributed by atoms with Gasteiger partial charge in [0, 0.05) is 39.1 Å². The molecule has 1 aliphatic rings. The fourth-order valence-corrected chi connectivity index (χ4v) is 2.52. The Kier molecular flexibility index (Phi) is 8.97. The van der Waals surface area contributed by atoms with Crippen molar-refractivity contribution >= 4 is 29.9 Å². The molecule has 0 spiro atoms. The van der Waals surface area contributed by atoms with Crippen molar-refractivity contribution in [2.75, 3.05) is 19.6 Å². The van der Waals surface area contributed by atoms with Crippen LogP contribution >= 0.6 is 24.0 Å². The standard InChI is InChI=1S/C15H26N6O.HI/c1-3-9-17-14(16-4-2)18-10-7-12-21-15(22)20-11-6-5-8-13(20)19-21;/h3H,1,4-12H2,2H3,(H2,16,17,18);1H. The van der Waals surface area contributed by atoms with Crippen molar-refractivity contribution in [2.45, 2.75) is 45.7 Å². The second-order valence-electron chi connectivity index (χ2n) is 5.31. The second kappa shape index (κ2) is 10.5. The van der Waals surface area contributed by atoms with E-state index in [0.29, 0.717) is 19.6 Å². The van der Waals surface area contributed by atoms with E-state index in [9.17, 15) is 4.79 Å². The van der Waals surface area contributed by atoms with Gasteiger partial charge in [-0.15, -0.1) is 30.6 Å². The molecule has 23 heavy (non-hydrogen) atoms. The summed E-state index contributed by atoms with van der Waals surface area (Å²) in [4.78, 5) is 16.7. The lowest BCUT2D eigenvalue weighted by atomic mass is 10.2. The number of guanidine groups is 1. The van der Waals surface area contributed by atoms with Gasteiger partial charge in [-0.3, -0.25) is 9.56 Å². The van der Waals surface area contributed by atoms with Gasteiger partial charge in [-0.1, -0.05) is 6.08 Å². The molecule has 7 nitrogen and oxygen atoms in total. The zero-order chi connectivity index (χ0) is 15.8. The number of nitrogens with zero attached hydrogens (tertiary/aromatic N) is 4. The lowest BCUT2D eigenvalue weighted by Gasteiger charge is -2.09. The number of hydrogen-bond donors (Lipinski definition) is 2. The zero-order valence-electron chi connectivity index (χ0n) is 13.8. The Bertz CT molecular complexity index is 577. The molecule has 1 aromatic rings. The van der Waals surface area contributed by atoms with Crippen molar-refractivity contribution in [1.82, 2.24) is 25.0 Å². The van der Waals surface area contributed by atoms with Crippen LogP contribution in [-0.4, -0.2) is 39.9 Å². The molecule has 8 heteroatoms. The number of fused-ring (bicyclic) bond motifs is 1. The SMILES string of the molecule is C=CCNC(=NCCCn1nc2n(c1=O)CCCC2)NCC.I. The predicted molar refractivity (Wildman–Crippen MR) is 104 cm³/mol. The number of halogens is 1. The van der Waals surface area contributed by atoms with Crippen LogP contribution < -0.4 is 16.3 Å². The maximum atomic E-state index is 12.2. The summed E-state index contributed by atoms with van der Waals surface area (Å²) in [6, 6.07) is 0. The third kappa shape index (κ3) is 5.67. The number of aryl methyl sites for hydroxylation is 2. The molecule has 0 atom stereocenters. The van der Waals surface area contributed by atoms with Gasteiger partial charge in [0.25, 0.3) is 0 Å². The number of aromatic nitrogens is 3. The van der Waals surface area contributed by atoms with Crippen LogP contribution in [0.4, 0.5) is 0 Å². The van der Waals surface area contributed by atoms with Crippen molar-refractivity contribution in [1.29, 1.82) is 0 Å². The predicted octanol–water partition coefficient (Wildman–Crippen LogP) is 1.13. The molecule has 2 N–H and O–H groups in total. The maximum absolute atomic E-state index is 12.2. The molecule has 0 fully saturated rings. The minimum atomic E-state index is 0. The van der Waals surface area contributed by atoms with E-state index >= 15 is 0 Å².